The van der Waals surface area contributed by atoms with Crippen LogP contribution >= 0.6 is 0 Å². The van der Waals surface area contributed by atoms with Crippen LogP contribution in [0.1, 0.15) is 29.9 Å². The summed E-state index contributed by atoms with van der Waals surface area (Å²) in [4.78, 5) is 0. The number of rotatable bonds is 1. The molecule has 0 saturated heterocycles. The second kappa shape index (κ2) is 3.04. The molecule has 0 spiro atoms. The molecule has 0 unspecified atom stereocenters. The fourth-order valence-corrected chi connectivity index (χ4v) is 1.26. The second-order valence-electron chi connectivity index (χ2n) is 3.18. The third-order valence-electron chi connectivity index (χ3n) is 2.13. The Morgan fingerprint density at radius 1 is 1.09 bits per heavy atom. The molecule has 1 aromatic rings. The van der Waals surface area contributed by atoms with E-state index in [1.807, 2.05) is 0 Å². The van der Waals surface area contributed by atoms with Crippen LogP contribution in [-0.4, -0.2) is 0 Å². The lowest BCUT2D eigenvalue weighted by Gasteiger charge is -1.96. The maximum absolute atomic E-state index is 2.26. The molecule has 0 N–H and O–H groups in total. The van der Waals surface area contributed by atoms with Crippen LogP contribution in [0.2, 0.25) is 0 Å². The minimum Gasteiger partial charge on any atom is -0.269 e. The van der Waals surface area contributed by atoms with Crippen molar-refractivity contribution < 1.29 is 4.70 Å². The highest BCUT2D eigenvalue weighted by Crippen LogP contribution is 2.39. The number of hydrogen-bond donors (Lipinski definition) is 0. The Morgan fingerprint density at radius 3 is 2.09 bits per heavy atom. The third-order valence-corrected chi connectivity index (χ3v) is 2.13. The van der Waals surface area contributed by atoms with Crippen LogP contribution in [0.4, 0.5) is 4.70 Å². The van der Waals surface area contributed by atoms with Gasteiger partial charge >= 0.3 is 0 Å². The van der Waals surface area contributed by atoms with E-state index in [4.69, 9.17) is 0 Å². The molecule has 0 aliphatic heterocycles. The Hall–Kier alpha value is -0.850. The second-order valence-corrected chi connectivity index (χ2v) is 3.18. The van der Waals surface area contributed by atoms with Gasteiger partial charge in [-0.25, -0.2) is 0 Å². The van der Waals surface area contributed by atoms with Crippen LogP contribution in [0, 0.1) is 6.92 Å². The third kappa shape index (κ3) is 1.79. The Morgan fingerprint density at radius 2 is 1.64 bits per heavy atom. The lowest BCUT2D eigenvalue weighted by molar-refractivity contribution is 1.11. The summed E-state index contributed by atoms with van der Waals surface area (Å²) in [6, 6.07) is 8.92. The molecule has 1 heteroatoms. The predicted molar refractivity (Wildman–Crippen MR) is 45.7 cm³/mol. The maximum atomic E-state index is 2.26. The lowest BCUT2D eigenvalue weighted by Crippen LogP contribution is -1.77. The summed E-state index contributed by atoms with van der Waals surface area (Å²) in [5, 5.41) is 0. The minimum atomic E-state index is 0. The van der Waals surface area contributed by atoms with Crippen molar-refractivity contribution >= 4 is 0 Å². The number of halogens is 1. The first kappa shape index (κ1) is 8.25. The minimum absolute atomic E-state index is 0. The zero-order valence-corrected chi connectivity index (χ0v) is 6.71. The zero-order valence-electron chi connectivity index (χ0n) is 6.71. The summed E-state index contributed by atoms with van der Waals surface area (Å²) in [5.41, 5.74) is 2.90. The fraction of sp³-hybridized carbons (Fsp3) is 0.400. The van der Waals surface area contributed by atoms with Gasteiger partial charge in [-0.05, 0) is 31.2 Å². The molecule has 0 heterocycles. The first-order valence-electron chi connectivity index (χ1n) is 3.93. The van der Waals surface area contributed by atoms with E-state index in [1.54, 1.807) is 0 Å². The van der Waals surface area contributed by atoms with E-state index in [9.17, 15) is 0 Å². The van der Waals surface area contributed by atoms with Gasteiger partial charge in [0.15, 0.2) is 0 Å². The number of aryl methyl sites for hydroxylation is 1. The fourth-order valence-electron chi connectivity index (χ4n) is 1.26. The van der Waals surface area contributed by atoms with Gasteiger partial charge in [-0.15, -0.1) is 0 Å². The van der Waals surface area contributed by atoms with Crippen molar-refractivity contribution in [3.8, 4) is 0 Å². The van der Waals surface area contributed by atoms with Crippen molar-refractivity contribution in [2.24, 2.45) is 0 Å². The highest BCUT2D eigenvalue weighted by atomic mass is 19.0. The molecule has 11 heavy (non-hydrogen) atoms. The molecule has 1 aromatic carbocycles. The van der Waals surface area contributed by atoms with Crippen LogP contribution in [0.3, 0.4) is 0 Å². The average molecular weight is 152 g/mol. The summed E-state index contributed by atoms with van der Waals surface area (Å²) in [5.74, 6) is 0.903. The summed E-state index contributed by atoms with van der Waals surface area (Å²) in [6.07, 6.45) is 2.81. The Bertz CT molecular complexity index is 221. The van der Waals surface area contributed by atoms with Crippen molar-refractivity contribution in [2.45, 2.75) is 25.7 Å². The van der Waals surface area contributed by atoms with E-state index in [1.165, 1.54) is 24.0 Å². The van der Waals surface area contributed by atoms with Gasteiger partial charge in [0.2, 0.25) is 0 Å². The first-order valence-corrected chi connectivity index (χ1v) is 3.93. The first-order chi connectivity index (χ1) is 4.86. The molecule has 0 aromatic heterocycles. The molecule has 0 radical (unpaired) electrons. The Labute approximate surface area is 66.6 Å². The van der Waals surface area contributed by atoms with Crippen LogP contribution in [-0.2, 0) is 0 Å². The van der Waals surface area contributed by atoms with E-state index in [-0.39, 0.29) is 4.70 Å². The van der Waals surface area contributed by atoms with E-state index in [2.05, 4.69) is 31.2 Å². The molecule has 0 atom stereocenters. The number of benzene rings is 1. The molecular weight excluding hydrogens is 139 g/mol. The average Bonchev–Trinajstić information content (AvgIpc) is 2.71. The lowest BCUT2D eigenvalue weighted by atomic mass is 10.1. The quantitative estimate of drug-likeness (QED) is 0.580. The molecule has 0 nitrogen and oxygen atoms in total. The van der Waals surface area contributed by atoms with Gasteiger partial charge in [0.1, 0.15) is 0 Å². The van der Waals surface area contributed by atoms with Crippen LogP contribution < -0.4 is 0 Å². The topological polar surface area (TPSA) is 0 Å². The SMILES string of the molecule is Cc1ccc(C2CC2)cc1.F. The van der Waals surface area contributed by atoms with Gasteiger partial charge in [-0.1, -0.05) is 29.8 Å². The largest absolute Gasteiger partial charge is 0.269 e. The Balaban J connectivity index is 0.000000605. The molecule has 2 rings (SSSR count). The summed E-state index contributed by atoms with van der Waals surface area (Å²) >= 11 is 0. The Kier molecular flexibility index (Phi) is 2.28. The molecular formula is C10H13F. The number of hydrogen-bond acceptors (Lipinski definition) is 0. The zero-order chi connectivity index (χ0) is 6.97. The van der Waals surface area contributed by atoms with Crippen molar-refractivity contribution in [1.82, 2.24) is 0 Å². The van der Waals surface area contributed by atoms with E-state index >= 15 is 0 Å². The van der Waals surface area contributed by atoms with Crippen LogP contribution in [0.5, 0.6) is 0 Å². The van der Waals surface area contributed by atoms with Gasteiger partial charge in [0.05, 0.1) is 0 Å². The molecule has 0 bridgehead atoms. The van der Waals surface area contributed by atoms with Gasteiger partial charge in [0, 0.05) is 0 Å². The van der Waals surface area contributed by atoms with Gasteiger partial charge < -0.3 is 0 Å². The molecule has 1 fully saturated rings. The van der Waals surface area contributed by atoms with Gasteiger partial charge in [0.25, 0.3) is 0 Å². The van der Waals surface area contributed by atoms with Gasteiger partial charge in [-0.2, -0.15) is 0 Å². The highest BCUT2D eigenvalue weighted by Gasteiger charge is 2.22. The molecule has 0 amide bonds. The summed E-state index contributed by atoms with van der Waals surface area (Å²) in [7, 11) is 0. The van der Waals surface area contributed by atoms with Crippen molar-refractivity contribution in [1.29, 1.82) is 0 Å². The van der Waals surface area contributed by atoms with Gasteiger partial charge in [-0.3, -0.25) is 4.70 Å². The molecule has 1 aliphatic carbocycles. The summed E-state index contributed by atoms with van der Waals surface area (Å²) in [6.45, 7) is 2.14. The van der Waals surface area contributed by atoms with E-state index < -0.39 is 0 Å². The van der Waals surface area contributed by atoms with Crippen LogP contribution in [0.15, 0.2) is 24.3 Å². The molecule has 1 aliphatic rings. The van der Waals surface area contributed by atoms with Crippen molar-refractivity contribution in [3.63, 3.8) is 0 Å². The standard InChI is InChI=1S/C10H12.FH/c1-8-2-4-9(5-3-8)10-6-7-10;/h2-5,10H,6-7H2,1H3;1H. The van der Waals surface area contributed by atoms with Crippen molar-refractivity contribution in [2.75, 3.05) is 0 Å². The monoisotopic (exact) mass is 152 g/mol. The van der Waals surface area contributed by atoms with E-state index in [0.29, 0.717) is 0 Å². The molecule has 60 valence electrons. The highest BCUT2D eigenvalue weighted by molar-refractivity contribution is 5.27. The van der Waals surface area contributed by atoms with Crippen LogP contribution in [0.25, 0.3) is 0 Å². The van der Waals surface area contributed by atoms with E-state index in [0.717, 1.165) is 5.92 Å². The molecule has 1 saturated carbocycles. The van der Waals surface area contributed by atoms with Crippen molar-refractivity contribution in [3.05, 3.63) is 35.4 Å². The smallest absolute Gasteiger partial charge is 0.0162 e. The normalized spacial score (nSPS) is 15.7. The maximum Gasteiger partial charge on any atom is -0.0162 e. The predicted octanol–water partition coefficient (Wildman–Crippen LogP) is 3.02. The summed E-state index contributed by atoms with van der Waals surface area (Å²) < 4.78 is 0.